The Bertz CT molecular complexity index is 1110. The predicted octanol–water partition coefficient (Wildman–Crippen LogP) is 3.91. The van der Waals surface area contributed by atoms with E-state index in [2.05, 4.69) is 9.97 Å². The fourth-order valence-electron chi connectivity index (χ4n) is 2.54. The number of aromatic nitrogens is 2. The lowest BCUT2D eigenvalue weighted by molar-refractivity contribution is -0.137. The number of alkyl halides is 3. The first-order valence-corrected chi connectivity index (χ1v) is 9.40. The van der Waals surface area contributed by atoms with Gasteiger partial charge in [0, 0.05) is 18.0 Å². The summed E-state index contributed by atoms with van der Waals surface area (Å²) in [6, 6.07) is 8.55. The van der Waals surface area contributed by atoms with E-state index in [9.17, 15) is 21.6 Å². The van der Waals surface area contributed by atoms with Gasteiger partial charge in [-0.15, -0.1) is 0 Å². The molecule has 28 heavy (non-hydrogen) atoms. The quantitative estimate of drug-likeness (QED) is 0.705. The van der Waals surface area contributed by atoms with Gasteiger partial charge in [0.2, 0.25) is 15.9 Å². The Morgan fingerprint density at radius 3 is 2.21 bits per heavy atom. The zero-order valence-electron chi connectivity index (χ0n) is 14.4. The summed E-state index contributed by atoms with van der Waals surface area (Å²) in [4.78, 5) is 8.24. The molecule has 3 rings (SSSR count). The molecule has 0 aliphatic heterocycles. The van der Waals surface area contributed by atoms with Gasteiger partial charge >= 0.3 is 6.18 Å². The summed E-state index contributed by atoms with van der Waals surface area (Å²) < 4.78 is 66.7. The largest absolute Gasteiger partial charge is 0.437 e. The van der Waals surface area contributed by atoms with Gasteiger partial charge in [0.25, 0.3) is 0 Å². The Kier molecular flexibility index (Phi) is 5.09. The van der Waals surface area contributed by atoms with Crippen molar-refractivity contribution in [3.63, 3.8) is 0 Å². The van der Waals surface area contributed by atoms with E-state index in [0.717, 1.165) is 12.1 Å². The van der Waals surface area contributed by atoms with Gasteiger partial charge in [-0.05, 0) is 48.9 Å². The molecule has 6 nitrogen and oxygen atoms in total. The summed E-state index contributed by atoms with van der Waals surface area (Å²) in [5.41, 5.74) is 0.422. The first-order valence-electron chi connectivity index (χ1n) is 7.85. The summed E-state index contributed by atoms with van der Waals surface area (Å²) in [7, 11) is -3.87. The summed E-state index contributed by atoms with van der Waals surface area (Å²) in [6.45, 7) is 1.58. The third kappa shape index (κ3) is 4.29. The Hall–Kier alpha value is -2.98. The molecule has 0 atom stereocenters. The summed E-state index contributed by atoms with van der Waals surface area (Å²) in [5, 5.41) is 5.16. The number of hydrogen-bond acceptors (Lipinski definition) is 5. The maximum absolute atomic E-state index is 12.7. The highest BCUT2D eigenvalue weighted by Crippen LogP contribution is 2.33. The van der Waals surface area contributed by atoms with Crippen LogP contribution in [0.1, 0.15) is 11.1 Å². The van der Waals surface area contributed by atoms with Gasteiger partial charge in [-0.1, -0.05) is 6.07 Å². The van der Waals surface area contributed by atoms with Gasteiger partial charge in [-0.25, -0.2) is 23.5 Å². The van der Waals surface area contributed by atoms with Crippen molar-refractivity contribution in [2.24, 2.45) is 5.14 Å². The van der Waals surface area contributed by atoms with Crippen LogP contribution in [-0.2, 0) is 16.2 Å². The maximum Gasteiger partial charge on any atom is 0.416 e. The summed E-state index contributed by atoms with van der Waals surface area (Å²) in [6.07, 6.45) is -1.66. The van der Waals surface area contributed by atoms with Gasteiger partial charge in [0.15, 0.2) is 0 Å². The molecule has 2 aromatic carbocycles. The monoisotopic (exact) mass is 409 g/mol. The number of benzene rings is 2. The second-order valence-electron chi connectivity index (χ2n) is 5.86. The van der Waals surface area contributed by atoms with Crippen molar-refractivity contribution in [1.82, 2.24) is 9.97 Å². The topological polar surface area (TPSA) is 95.2 Å². The van der Waals surface area contributed by atoms with Crippen LogP contribution in [0.25, 0.3) is 11.3 Å². The van der Waals surface area contributed by atoms with E-state index in [0.29, 0.717) is 16.8 Å². The Balaban J connectivity index is 1.95. The lowest BCUT2D eigenvalue weighted by Gasteiger charge is -2.12. The van der Waals surface area contributed by atoms with Crippen LogP contribution < -0.4 is 9.88 Å². The summed E-state index contributed by atoms with van der Waals surface area (Å²) in [5.74, 6) is 0.206. The van der Waals surface area contributed by atoms with Crippen molar-refractivity contribution in [2.75, 3.05) is 0 Å². The molecule has 0 amide bonds. The first-order chi connectivity index (χ1) is 13.1. The molecular formula is C18H14F3N3O3S. The summed E-state index contributed by atoms with van der Waals surface area (Å²) >= 11 is 0. The van der Waals surface area contributed by atoms with E-state index >= 15 is 0 Å². The van der Waals surface area contributed by atoms with E-state index in [1.54, 1.807) is 13.0 Å². The third-order valence-corrected chi connectivity index (χ3v) is 4.89. The van der Waals surface area contributed by atoms with E-state index in [1.807, 2.05) is 0 Å². The first kappa shape index (κ1) is 19.8. The number of primary sulfonamides is 1. The fourth-order valence-corrected chi connectivity index (χ4v) is 3.30. The van der Waals surface area contributed by atoms with Crippen LogP contribution in [0.4, 0.5) is 13.2 Å². The molecular weight excluding hydrogens is 395 g/mol. The van der Waals surface area contributed by atoms with Crippen LogP contribution in [0.5, 0.6) is 11.6 Å². The van der Waals surface area contributed by atoms with Crippen LogP contribution in [-0.4, -0.2) is 18.4 Å². The standard InChI is InChI=1S/C18H14F3N3O3S/c1-11-10-12(2-7-15(11)28(22,25)26)16-17(24-9-8-23-16)27-14-5-3-13(4-6-14)18(19,20)21/h2-10H,1H3,(H2,22,25,26). The van der Waals surface area contributed by atoms with Crippen molar-refractivity contribution >= 4 is 10.0 Å². The highest BCUT2D eigenvalue weighted by atomic mass is 32.2. The molecule has 3 aromatic rings. The lowest BCUT2D eigenvalue weighted by atomic mass is 10.1. The number of aryl methyl sites for hydroxylation is 1. The van der Waals surface area contributed by atoms with Crippen LogP contribution in [0, 0.1) is 6.92 Å². The predicted molar refractivity (Wildman–Crippen MR) is 95.1 cm³/mol. The average molecular weight is 409 g/mol. The average Bonchev–Trinajstić information content (AvgIpc) is 2.61. The molecule has 0 unspecified atom stereocenters. The molecule has 0 saturated heterocycles. The van der Waals surface area contributed by atoms with Crippen LogP contribution >= 0.6 is 0 Å². The van der Waals surface area contributed by atoms with Crippen LogP contribution in [0.15, 0.2) is 59.8 Å². The number of halogens is 3. The van der Waals surface area contributed by atoms with Gasteiger partial charge in [0.05, 0.1) is 10.5 Å². The second kappa shape index (κ2) is 7.21. The molecule has 1 aromatic heterocycles. The molecule has 0 aliphatic rings. The van der Waals surface area contributed by atoms with Crippen molar-refractivity contribution in [2.45, 2.75) is 18.0 Å². The van der Waals surface area contributed by atoms with Gasteiger partial charge in [0.1, 0.15) is 11.4 Å². The van der Waals surface area contributed by atoms with Gasteiger partial charge < -0.3 is 4.74 Å². The lowest BCUT2D eigenvalue weighted by Crippen LogP contribution is -2.13. The van der Waals surface area contributed by atoms with E-state index in [4.69, 9.17) is 9.88 Å². The zero-order chi connectivity index (χ0) is 20.5. The molecule has 0 radical (unpaired) electrons. The minimum atomic E-state index is -4.45. The minimum absolute atomic E-state index is 0.0228. The number of nitrogens with two attached hydrogens (primary N) is 1. The number of nitrogens with zero attached hydrogens (tertiary/aromatic N) is 2. The molecule has 0 spiro atoms. The molecule has 0 bridgehead atoms. The normalized spacial score (nSPS) is 12.0. The van der Waals surface area contributed by atoms with Crippen molar-refractivity contribution < 1.29 is 26.3 Å². The van der Waals surface area contributed by atoms with Crippen molar-refractivity contribution in [1.29, 1.82) is 0 Å². The van der Waals surface area contributed by atoms with Crippen molar-refractivity contribution in [3.05, 3.63) is 66.0 Å². The maximum atomic E-state index is 12.7. The molecule has 0 saturated carbocycles. The highest BCUT2D eigenvalue weighted by molar-refractivity contribution is 7.89. The number of sulfonamides is 1. The number of hydrogen-bond donors (Lipinski definition) is 1. The van der Waals surface area contributed by atoms with E-state index in [1.165, 1.54) is 36.7 Å². The molecule has 0 fully saturated rings. The fraction of sp³-hybridized carbons (Fsp3) is 0.111. The molecule has 10 heteroatoms. The second-order valence-corrected chi connectivity index (χ2v) is 7.39. The molecule has 2 N–H and O–H groups in total. The Morgan fingerprint density at radius 2 is 1.64 bits per heavy atom. The number of rotatable bonds is 4. The SMILES string of the molecule is Cc1cc(-c2nccnc2Oc2ccc(C(F)(F)F)cc2)ccc1S(N)(=O)=O. The number of ether oxygens (including phenoxy) is 1. The zero-order valence-corrected chi connectivity index (χ0v) is 15.3. The molecule has 146 valence electrons. The Labute approximate surface area is 158 Å². The smallest absolute Gasteiger partial charge is 0.416 e. The van der Waals surface area contributed by atoms with E-state index in [-0.39, 0.29) is 16.5 Å². The van der Waals surface area contributed by atoms with E-state index < -0.39 is 21.8 Å². The highest BCUT2D eigenvalue weighted by Gasteiger charge is 2.30. The van der Waals surface area contributed by atoms with Crippen molar-refractivity contribution in [3.8, 4) is 22.9 Å². The Morgan fingerprint density at radius 1 is 1.00 bits per heavy atom. The molecule has 0 aliphatic carbocycles. The molecule has 1 heterocycles. The van der Waals surface area contributed by atoms with Gasteiger partial charge in [-0.3, -0.25) is 0 Å². The van der Waals surface area contributed by atoms with Gasteiger partial charge in [-0.2, -0.15) is 13.2 Å². The third-order valence-electron chi connectivity index (χ3n) is 3.82. The van der Waals surface area contributed by atoms with Crippen LogP contribution in [0.3, 0.4) is 0 Å². The minimum Gasteiger partial charge on any atom is -0.437 e. The van der Waals surface area contributed by atoms with Crippen LogP contribution in [0.2, 0.25) is 0 Å².